The average molecular weight is 289 g/mol. The fourth-order valence-electron chi connectivity index (χ4n) is 1.75. The highest BCUT2D eigenvalue weighted by atomic mass is 32.1. The summed E-state index contributed by atoms with van der Waals surface area (Å²) >= 11 is 1.41. The van der Waals surface area contributed by atoms with Crippen LogP contribution >= 0.6 is 11.3 Å². The van der Waals surface area contributed by atoms with E-state index in [0.717, 1.165) is 10.7 Å². The van der Waals surface area contributed by atoms with Gasteiger partial charge in [0, 0.05) is 11.1 Å². The van der Waals surface area contributed by atoms with Crippen molar-refractivity contribution in [3.63, 3.8) is 0 Å². The Morgan fingerprint density at radius 2 is 1.90 bits per heavy atom. The van der Waals surface area contributed by atoms with Gasteiger partial charge in [-0.1, -0.05) is 26.0 Å². The monoisotopic (exact) mass is 289 g/mol. The van der Waals surface area contributed by atoms with E-state index in [1.807, 2.05) is 31.2 Å². The maximum atomic E-state index is 12.1. The molecule has 0 aliphatic carbocycles. The summed E-state index contributed by atoms with van der Waals surface area (Å²) in [6.45, 7) is 6.13. The van der Waals surface area contributed by atoms with Crippen LogP contribution in [0.5, 0.6) is 0 Å². The van der Waals surface area contributed by atoms with Gasteiger partial charge in [0.1, 0.15) is 10.7 Å². The highest BCUT2D eigenvalue weighted by Gasteiger charge is 2.13. The topological polar surface area (TPSA) is 68.0 Å². The standard InChI is InChI=1S/C15H19N3OS/c1-9(2)11-4-6-12(7-5-11)17-14(19)13-8-20-15(18-13)10(3)16/h4-10H,16H2,1-3H3,(H,17,19). The second-order valence-corrected chi connectivity index (χ2v) is 5.98. The van der Waals surface area contributed by atoms with E-state index in [1.54, 1.807) is 5.38 Å². The van der Waals surface area contributed by atoms with E-state index in [2.05, 4.69) is 24.1 Å². The third-order valence-electron chi connectivity index (χ3n) is 2.98. The molecule has 0 radical (unpaired) electrons. The molecule has 1 unspecified atom stereocenters. The second kappa shape index (κ2) is 6.15. The van der Waals surface area contributed by atoms with Crippen LogP contribution in [0.15, 0.2) is 29.6 Å². The smallest absolute Gasteiger partial charge is 0.275 e. The molecule has 0 spiro atoms. The summed E-state index contributed by atoms with van der Waals surface area (Å²) in [5, 5.41) is 5.34. The lowest BCUT2D eigenvalue weighted by Crippen LogP contribution is -2.13. The summed E-state index contributed by atoms with van der Waals surface area (Å²) in [5.74, 6) is 0.275. The number of aromatic nitrogens is 1. The molecule has 1 heterocycles. The predicted octanol–water partition coefficient (Wildman–Crippen LogP) is 3.54. The molecule has 106 valence electrons. The Bertz CT molecular complexity index is 587. The van der Waals surface area contributed by atoms with Gasteiger partial charge in [0.25, 0.3) is 5.91 Å². The predicted molar refractivity (Wildman–Crippen MR) is 83.2 cm³/mol. The molecule has 0 aliphatic rings. The third kappa shape index (κ3) is 3.43. The molecule has 0 saturated carbocycles. The molecule has 0 fully saturated rings. The van der Waals surface area contributed by atoms with Crippen LogP contribution in [0.4, 0.5) is 5.69 Å². The van der Waals surface area contributed by atoms with E-state index in [-0.39, 0.29) is 11.9 Å². The molecule has 5 heteroatoms. The van der Waals surface area contributed by atoms with E-state index in [9.17, 15) is 4.79 Å². The molecule has 3 N–H and O–H groups in total. The van der Waals surface area contributed by atoms with Crippen molar-refractivity contribution >= 4 is 22.9 Å². The molecule has 0 bridgehead atoms. The SMILES string of the molecule is CC(C)c1ccc(NC(=O)c2csc(C(C)N)n2)cc1. The van der Waals surface area contributed by atoms with E-state index in [1.165, 1.54) is 16.9 Å². The van der Waals surface area contributed by atoms with Crippen LogP contribution in [-0.4, -0.2) is 10.9 Å². The van der Waals surface area contributed by atoms with Crippen molar-refractivity contribution in [2.24, 2.45) is 5.73 Å². The van der Waals surface area contributed by atoms with E-state index in [4.69, 9.17) is 5.73 Å². The van der Waals surface area contributed by atoms with E-state index < -0.39 is 0 Å². The quantitative estimate of drug-likeness (QED) is 0.904. The fraction of sp³-hybridized carbons (Fsp3) is 0.333. The average Bonchev–Trinajstić information content (AvgIpc) is 2.89. The Hall–Kier alpha value is -1.72. The van der Waals surface area contributed by atoms with Crippen LogP contribution in [-0.2, 0) is 0 Å². The molecule has 2 aromatic rings. The first-order chi connectivity index (χ1) is 9.47. The lowest BCUT2D eigenvalue weighted by atomic mass is 10.0. The molecule has 1 aromatic heterocycles. The van der Waals surface area contributed by atoms with Crippen LogP contribution in [0, 0.1) is 0 Å². The van der Waals surface area contributed by atoms with Crippen molar-refractivity contribution in [3.05, 3.63) is 45.9 Å². The minimum Gasteiger partial charge on any atom is -0.322 e. The Labute approximate surface area is 123 Å². The fourth-order valence-corrected chi connectivity index (χ4v) is 2.51. The zero-order chi connectivity index (χ0) is 14.7. The Morgan fingerprint density at radius 1 is 1.25 bits per heavy atom. The molecule has 1 atom stereocenters. The number of nitrogens with one attached hydrogen (secondary N) is 1. The van der Waals surface area contributed by atoms with Crippen molar-refractivity contribution in [1.82, 2.24) is 4.98 Å². The molecule has 20 heavy (non-hydrogen) atoms. The Morgan fingerprint density at radius 3 is 2.40 bits per heavy atom. The van der Waals surface area contributed by atoms with Gasteiger partial charge < -0.3 is 11.1 Å². The van der Waals surface area contributed by atoms with Crippen LogP contribution in [0.1, 0.15) is 53.8 Å². The maximum absolute atomic E-state index is 12.1. The Balaban J connectivity index is 2.06. The van der Waals surface area contributed by atoms with Crippen LogP contribution in [0.2, 0.25) is 0 Å². The van der Waals surface area contributed by atoms with Crippen LogP contribution in [0.25, 0.3) is 0 Å². The molecule has 0 saturated heterocycles. The number of nitrogens with two attached hydrogens (primary N) is 1. The molecule has 2 rings (SSSR count). The number of carbonyl (C=O) groups is 1. The number of hydrogen-bond acceptors (Lipinski definition) is 4. The van der Waals surface area contributed by atoms with Crippen LogP contribution in [0.3, 0.4) is 0 Å². The Kier molecular flexibility index (Phi) is 4.52. The van der Waals surface area contributed by atoms with E-state index >= 15 is 0 Å². The van der Waals surface area contributed by atoms with E-state index in [0.29, 0.717) is 11.6 Å². The van der Waals surface area contributed by atoms with Gasteiger partial charge in [-0.2, -0.15) is 0 Å². The number of anilines is 1. The van der Waals surface area contributed by atoms with Gasteiger partial charge in [-0.15, -0.1) is 11.3 Å². The van der Waals surface area contributed by atoms with Gasteiger partial charge in [-0.25, -0.2) is 4.98 Å². The lowest BCUT2D eigenvalue weighted by molar-refractivity contribution is 0.102. The van der Waals surface area contributed by atoms with Crippen molar-refractivity contribution in [3.8, 4) is 0 Å². The number of carbonyl (C=O) groups excluding carboxylic acids is 1. The normalized spacial score (nSPS) is 12.4. The van der Waals surface area contributed by atoms with Gasteiger partial charge in [0.2, 0.25) is 0 Å². The van der Waals surface area contributed by atoms with Gasteiger partial charge >= 0.3 is 0 Å². The summed E-state index contributed by atoms with van der Waals surface area (Å²) in [4.78, 5) is 16.3. The first-order valence-electron chi connectivity index (χ1n) is 6.59. The zero-order valence-electron chi connectivity index (χ0n) is 11.9. The largest absolute Gasteiger partial charge is 0.322 e. The van der Waals surface area contributed by atoms with Crippen molar-refractivity contribution in [1.29, 1.82) is 0 Å². The minimum atomic E-state index is -0.203. The molecule has 4 nitrogen and oxygen atoms in total. The van der Waals surface area contributed by atoms with Crippen molar-refractivity contribution in [2.75, 3.05) is 5.32 Å². The highest BCUT2D eigenvalue weighted by molar-refractivity contribution is 7.09. The van der Waals surface area contributed by atoms with Gasteiger partial charge in [-0.3, -0.25) is 4.79 Å². The first kappa shape index (κ1) is 14.7. The number of rotatable bonds is 4. The molecule has 0 aliphatic heterocycles. The molecule has 1 aromatic carbocycles. The minimum absolute atomic E-state index is 0.146. The summed E-state index contributed by atoms with van der Waals surface area (Å²) in [5.41, 5.74) is 8.17. The molecular weight excluding hydrogens is 270 g/mol. The summed E-state index contributed by atoms with van der Waals surface area (Å²) in [7, 11) is 0. The van der Waals surface area contributed by atoms with Crippen molar-refractivity contribution in [2.45, 2.75) is 32.7 Å². The maximum Gasteiger partial charge on any atom is 0.275 e. The number of hydrogen-bond donors (Lipinski definition) is 2. The number of nitrogens with zero attached hydrogens (tertiary/aromatic N) is 1. The van der Waals surface area contributed by atoms with Gasteiger partial charge in [0.05, 0.1) is 6.04 Å². The second-order valence-electron chi connectivity index (χ2n) is 5.09. The first-order valence-corrected chi connectivity index (χ1v) is 7.47. The number of amides is 1. The molecular formula is C15H19N3OS. The van der Waals surface area contributed by atoms with Crippen molar-refractivity contribution < 1.29 is 4.79 Å². The molecule has 1 amide bonds. The number of benzene rings is 1. The van der Waals surface area contributed by atoms with Gasteiger partial charge in [-0.05, 0) is 30.5 Å². The van der Waals surface area contributed by atoms with Crippen LogP contribution < -0.4 is 11.1 Å². The number of thiazole rings is 1. The third-order valence-corrected chi connectivity index (χ3v) is 4.03. The summed E-state index contributed by atoms with van der Waals surface area (Å²) < 4.78 is 0. The van der Waals surface area contributed by atoms with Gasteiger partial charge in [0.15, 0.2) is 0 Å². The summed E-state index contributed by atoms with van der Waals surface area (Å²) in [6.07, 6.45) is 0. The lowest BCUT2D eigenvalue weighted by Gasteiger charge is -2.07. The highest BCUT2D eigenvalue weighted by Crippen LogP contribution is 2.19. The zero-order valence-corrected chi connectivity index (χ0v) is 12.7. The summed E-state index contributed by atoms with van der Waals surface area (Å²) in [6, 6.07) is 7.72.